The first-order chi connectivity index (χ1) is 10.3. The van der Waals surface area contributed by atoms with Crippen LogP contribution in [0.4, 0.5) is 5.13 Å². The molecule has 1 N–H and O–H groups in total. The second-order valence-electron chi connectivity index (χ2n) is 5.94. The van der Waals surface area contributed by atoms with E-state index in [1.807, 2.05) is 11.6 Å². The number of nitrogens with zero attached hydrogens (tertiary/aromatic N) is 3. The molecule has 1 saturated heterocycles. The fraction of sp³-hybridized carbons (Fsp3) is 0.733. The summed E-state index contributed by atoms with van der Waals surface area (Å²) in [5.41, 5.74) is 0. The third kappa shape index (κ3) is 4.17. The van der Waals surface area contributed by atoms with Crippen molar-refractivity contribution >= 4 is 22.4 Å². The van der Waals surface area contributed by atoms with Gasteiger partial charge >= 0.3 is 0 Å². The Bertz CT molecular complexity index is 437. The minimum atomic E-state index is 0.226. The molecule has 2 aliphatic rings. The molecule has 6 heteroatoms. The number of hydrogen-bond acceptors (Lipinski definition) is 5. The minimum Gasteiger partial charge on any atom is -0.353 e. The van der Waals surface area contributed by atoms with Crippen LogP contribution >= 0.6 is 11.3 Å². The first-order valence-corrected chi connectivity index (χ1v) is 8.85. The number of carbonyl (C=O) groups excluding carboxylic acids is 1. The number of aromatic nitrogens is 1. The van der Waals surface area contributed by atoms with Crippen molar-refractivity contribution in [2.24, 2.45) is 0 Å². The number of nitrogens with one attached hydrogen (secondary N) is 1. The van der Waals surface area contributed by atoms with Crippen molar-refractivity contribution in [3.05, 3.63) is 11.6 Å². The van der Waals surface area contributed by atoms with Gasteiger partial charge in [-0.3, -0.25) is 9.69 Å². The molecule has 116 valence electrons. The topological polar surface area (TPSA) is 48.5 Å². The van der Waals surface area contributed by atoms with Crippen molar-refractivity contribution in [1.82, 2.24) is 15.2 Å². The molecular formula is C15H24N4OS. The molecule has 0 unspecified atom stereocenters. The van der Waals surface area contributed by atoms with Crippen LogP contribution in [0.5, 0.6) is 0 Å². The van der Waals surface area contributed by atoms with Crippen molar-refractivity contribution < 1.29 is 4.79 Å². The van der Waals surface area contributed by atoms with Crippen molar-refractivity contribution in [1.29, 1.82) is 0 Å². The molecule has 0 bridgehead atoms. The second-order valence-corrected chi connectivity index (χ2v) is 6.82. The van der Waals surface area contributed by atoms with Gasteiger partial charge in [0.15, 0.2) is 5.13 Å². The van der Waals surface area contributed by atoms with Gasteiger partial charge in [0.05, 0.1) is 0 Å². The Hall–Kier alpha value is -1.14. The van der Waals surface area contributed by atoms with Crippen molar-refractivity contribution in [3.63, 3.8) is 0 Å². The van der Waals surface area contributed by atoms with Crippen LogP contribution in [0.2, 0.25) is 0 Å². The standard InChI is InChI=1S/C15H24N4OS/c20-14(17-13-3-1-2-4-13)5-7-18-8-10-19(11-9-18)15-16-6-12-21-15/h6,12-13H,1-5,7-11H2,(H,17,20). The van der Waals surface area contributed by atoms with Gasteiger partial charge in [0.2, 0.25) is 5.91 Å². The molecule has 3 rings (SSSR count). The lowest BCUT2D eigenvalue weighted by atomic mass is 10.2. The highest BCUT2D eigenvalue weighted by molar-refractivity contribution is 7.13. The van der Waals surface area contributed by atoms with Crippen LogP contribution in [0.25, 0.3) is 0 Å². The monoisotopic (exact) mass is 308 g/mol. The van der Waals surface area contributed by atoms with Gasteiger partial charge in [0, 0.05) is 56.8 Å². The van der Waals surface area contributed by atoms with Gasteiger partial charge in [0.25, 0.3) is 0 Å². The molecule has 0 radical (unpaired) electrons. The lowest BCUT2D eigenvalue weighted by Crippen LogP contribution is -2.47. The van der Waals surface area contributed by atoms with Crippen LogP contribution in [0.3, 0.4) is 0 Å². The number of carbonyl (C=O) groups is 1. The molecule has 2 heterocycles. The van der Waals surface area contributed by atoms with E-state index in [-0.39, 0.29) is 5.91 Å². The Morgan fingerprint density at radius 2 is 2.05 bits per heavy atom. The molecular weight excluding hydrogens is 284 g/mol. The number of hydrogen-bond donors (Lipinski definition) is 1. The number of piperazine rings is 1. The summed E-state index contributed by atoms with van der Waals surface area (Å²) in [5, 5.41) is 6.31. The fourth-order valence-corrected chi connectivity index (χ4v) is 3.86. The molecule has 1 amide bonds. The highest BCUT2D eigenvalue weighted by Crippen LogP contribution is 2.19. The molecule has 2 fully saturated rings. The number of thiazole rings is 1. The van der Waals surface area contributed by atoms with Gasteiger partial charge < -0.3 is 10.2 Å². The van der Waals surface area contributed by atoms with E-state index >= 15 is 0 Å². The zero-order chi connectivity index (χ0) is 14.5. The Morgan fingerprint density at radius 1 is 1.29 bits per heavy atom. The Morgan fingerprint density at radius 3 is 2.71 bits per heavy atom. The summed E-state index contributed by atoms with van der Waals surface area (Å²) >= 11 is 1.70. The Kier molecular flexibility index (Phi) is 5.08. The summed E-state index contributed by atoms with van der Waals surface area (Å²) in [6.07, 6.45) is 7.36. The molecule has 1 aliphatic heterocycles. The predicted molar refractivity (Wildman–Crippen MR) is 85.8 cm³/mol. The Balaban J connectivity index is 1.34. The molecule has 1 aromatic rings. The van der Waals surface area contributed by atoms with Gasteiger partial charge in [-0.05, 0) is 12.8 Å². The summed E-state index contributed by atoms with van der Waals surface area (Å²) < 4.78 is 0. The molecule has 1 aliphatic carbocycles. The molecule has 0 atom stereocenters. The number of rotatable bonds is 5. The van der Waals surface area contributed by atoms with Gasteiger partial charge in [0.1, 0.15) is 0 Å². The fourth-order valence-electron chi connectivity index (χ4n) is 3.16. The number of anilines is 1. The minimum absolute atomic E-state index is 0.226. The van der Waals surface area contributed by atoms with Gasteiger partial charge in [-0.1, -0.05) is 12.8 Å². The van der Waals surface area contributed by atoms with Gasteiger partial charge in [-0.25, -0.2) is 4.98 Å². The van der Waals surface area contributed by atoms with E-state index in [9.17, 15) is 4.79 Å². The lowest BCUT2D eigenvalue weighted by molar-refractivity contribution is -0.122. The molecule has 5 nitrogen and oxygen atoms in total. The van der Waals surface area contributed by atoms with Crippen molar-refractivity contribution in [3.8, 4) is 0 Å². The van der Waals surface area contributed by atoms with Crippen LogP contribution in [0.15, 0.2) is 11.6 Å². The summed E-state index contributed by atoms with van der Waals surface area (Å²) in [4.78, 5) is 21.0. The first-order valence-electron chi connectivity index (χ1n) is 7.97. The van der Waals surface area contributed by atoms with Crippen molar-refractivity contribution in [2.45, 2.75) is 38.1 Å². The van der Waals surface area contributed by atoms with Gasteiger partial charge in [-0.15, -0.1) is 11.3 Å². The summed E-state index contributed by atoms with van der Waals surface area (Å²) in [5.74, 6) is 0.226. The third-order valence-electron chi connectivity index (χ3n) is 4.44. The zero-order valence-corrected chi connectivity index (χ0v) is 13.3. The van der Waals surface area contributed by atoms with E-state index in [0.29, 0.717) is 12.5 Å². The van der Waals surface area contributed by atoms with E-state index < -0.39 is 0 Å². The summed E-state index contributed by atoms with van der Waals surface area (Å²) in [6.45, 7) is 4.95. The van der Waals surface area contributed by atoms with E-state index in [4.69, 9.17) is 0 Å². The normalized spacial score (nSPS) is 20.9. The average molecular weight is 308 g/mol. The SMILES string of the molecule is O=C(CCN1CCN(c2nccs2)CC1)NC1CCCC1. The maximum Gasteiger partial charge on any atom is 0.221 e. The van der Waals surface area contributed by atoms with E-state index in [1.54, 1.807) is 11.3 Å². The van der Waals surface area contributed by atoms with Crippen LogP contribution in [-0.4, -0.2) is 54.6 Å². The van der Waals surface area contributed by atoms with Gasteiger partial charge in [-0.2, -0.15) is 0 Å². The lowest BCUT2D eigenvalue weighted by Gasteiger charge is -2.34. The van der Waals surface area contributed by atoms with E-state index in [0.717, 1.165) is 50.7 Å². The average Bonchev–Trinajstić information content (AvgIpc) is 3.19. The third-order valence-corrected chi connectivity index (χ3v) is 5.27. The van der Waals surface area contributed by atoms with E-state index in [1.165, 1.54) is 12.8 Å². The van der Waals surface area contributed by atoms with E-state index in [2.05, 4.69) is 20.1 Å². The molecule has 0 spiro atoms. The quantitative estimate of drug-likeness (QED) is 0.900. The largest absolute Gasteiger partial charge is 0.353 e. The van der Waals surface area contributed by atoms with Crippen LogP contribution in [-0.2, 0) is 4.79 Å². The summed E-state index contributed by atoms with van der Waals surface area (Å²) in [6, 6.07) is 0.444. The number of amides is 1. The molecule has 1 aromatic heterocycles. The molecule has 0 aromatic carbocycles. The molecule has 1 saturated carbocycles. The van der Waals surface area contributed by atoms with Crippen LogP contribution < -0.4 is 10.2 Å². The Labute approximate surface area is 130 Å². The maximum atomic E-state index is 11.9. The summed E-state index contributed by atoms with van der Waals surface area (Å²) in [7, 11) is 0. The first kappa shape index (κ1) is 14.8. The van der Waals surface area contributed by atoms with Crippen LogP contribution in [0, 0.1) is 0 Å². The van der Waals surface area contributed by atoms with Crippen LogP contribution in [0.1, 0.15) is 32.1 Å². The van der Waals surface area contributed by atoms with Crippen molar-refractivity contribution in [2.75, 3.05) is 37.6 Å². The molecule has 21 heavy (non-hydrogen) atoms. The highest BCUT2D eigenvalue weighted by Gasteiger charge is 2.20. The second kappa shape index (κ2) is 7.22. The zero-order valence-electron chi connectivity index (χ0n) is 12.5. The smallest absolute Gasteiger partial charge is 0.221 e. The highest BCUT2D eigenvalue weighted by atomic mass is 32.1. The predicted octanol–water partition coefficient (Wildman–Crippen LogP) is 1.71. The maximum absolute atomic E-state index is 11.9.